The normalized spacial score (nSPS) is 20.2. The molecule has 1 aliphatic heterocycles. The van der Waals surface area contributed by atoms with Gasteiger partial charge in [-0.15, -0.1) is 0 Å². The van der Waals surface area contributed by atoms with Gasteiger partial charge in [0.2, 0.25) is 0 Å². The van der Waals surface area contributed by atoms with Crippen molar-refractivity contribution in [2.24, 2.45) is 5.92 Å². The Labute approximate surface area is 98.0 Å². The van der Waals surface area contributed by atoms with Gasteiger partial charge in [0.15, 0.2) is 0 Å². The van der Waals surface area contributed by atoms with Crippen LogP contribution in [-0.2, 0) is 11.3 Å². The van der Waals surface area contributed by atoms with Crippen molar-refractivity contribution in [1.29, 1.82) is 0 Å². The van der Waals surface area contributed by atoms with Gasteiger partial charge >= 0.3 is 0 Å². The largest absolute Gasteiger partial charge is 0.377 e. The second-order valence-corrected chi connectivity index (χ2v) is 4.69. The fourth-order valence-electron chi connectivity index (χ4n) is 2.09. The van der Waals surface area contributed by atoms with Crippen LogP contribution in [0.25, 0.3) is 0 Å². The topological polar surface area (TPSA) is 21.3 Å². The summed E-state index contributed by atoms with van der Waals surface area (Å²) in [7, 11) is 0. The maximum absolute atomic E-state index is 5.69. The quantitative estimate of drug-likeness (QED) is 0.768. The molecule has 0 aliphatic carbocycles. The fraction of sp³-hybridized carbons (Fsp3) is 0.571. The molecule has 0 radical (unpaired) electrons. The molecule has 2 heteroatoms. The summed E-state index contributed by atoms with van der Waals surface area (Å²) < 4.78 is 5.69. The van der Waals surface area contributed by atoms with Crippen LogP contribution in [0.1, 0.15) is 24.0 Å². The minimum absolute atomic E-state index is 0.750. The minimum atomic E-state index is 0.750. The third kappa shape index (κ3) is 3.62. The van der Waals surface area contributed by atoms with E-state index < -0.39 is 0 Å². The molecule has 0 amide bonds. The van der Waals surface area contributed by atoms with E-state index in [0.29, 0.717) is 0 Å². The molecule has 2 rings (SSSR count). The van der Waals surface area contributed by atoms with E-state index in [1.165, 1.54) is 37.1 Å². The molecule has 1 unspecified atom stereocenters. The highest BCUT2D eigenvalue weighted by molar-refractivity contribution is 5.20. The van der Waals surface area contributed by atoms with Gasteiger partial charge in [-0.25, -0.2) is 0 Å². The average molecular weight is 219 g/mol. The maximum atomic E-state index is 5.69. The van der Waals surface area contributed by atoms with Crippen molar-refractivity contribution in [2.45, 2.75) is 26.4 Å². The highest BCUT2D eigenvalue weighted by Crippen LogP contribution is 2.12. The van der Waals surface area contributed by atoms with Crippen molar-refractivity contribution in [3.05, 3.63) is 35.4 Å². The highest BCUT2D eigenvalue weighted by atomic mass is 16.5. The molecule has 1 aromatic rings. The Morgan fingerprint density at radius 2 is 2.12 bits per heavy atom. The maximum Gasteiger partial charge on any atom is 0.0716 e. The van der Waals surface area contributed by atoms with E-state index >= 15 is 0 Å². The Hall–Kier alpha value is -0.860. The molecule has 0 aromatic heterocycles. The van der Waals surface area contributed by atoms with Crippen LogP contribution in [0.3, 0.4) is 0 Å². The number of hydrogen-bond acceptors (Lipinski definition) is 2. The first-order valence-corrected chi connectivity index (χ1v) is 6.18. The van der Waals surface area contributed by atoms with Crippen LogP contribution in [0.2, 0.25) is 0 Å². The lowest BCUT2D eigenvalue weighted by Crippen LogP contribution is -2.10. The predicted octanol–water partition coefficient (Wildman–Crippen LogP) is 2.51. The first-order valence-electron chi connectivity index (χ1n) is 6.18. The number of benzene rings is 1. The van der Waals surface area contributed by atoms with Crippen molar-refractivity contribution in [3.8, 4) is 0 Å². The predicted molar refractivity (Wildman–Crippen MR) is 66.4 cm³/mol. The lowest BCUT2D eigenvalue weighted by Gasteiger charge is -2.08. The molecule has 0 saturated carbocycles. The summed E-state index contributed by atoms with van der Waals surface area (Å²) in [4.78, 5) is 0. The van der Waals surface area contributed by atoms with Crippen LogP contribution in [-0.4, -0.2) is 19.7 Å². The van der Waals surface area contributed by atoms with E-state index in [4.69, 9.17) is 4.74 Å². The smallest absolute Gasteiger partial charge is 0.0716 e. The molecule has 0 spiro atoms. The summed E-state index contributed by atoms with van der Waals surface area (Å²) in [6.45, 7) is 6.11. The van der Waals surface area contributed by atoms with Gasteiger partial charge in [-0.3, -0.25) is 0 Å². The van der Waals surface area contributed by atoms with Crippen LogP contribution in [0, 0.1) is 12.8 Å². The Balaban J connectivity index is 1.62. The molecule has 1 N–H and O–H groups in total. The van der Waals surface area contributed by atoms with E-state index in [0.717, 1.165) is 19.1 Å². The first kappa shape index (κ1) is 11.6. The van der Waals surface area contributed by atoms with Crippen molar-refractivity contribution in [1.82, 2.24) is 5.32 Å². The molecule has 1 heterocycles. The Kier molecular flexibility index (Phi) is 4.37. The van der Waals surface area contributed by atoms with Gasteiger partial charge in [0.1, 0.15) is 0 Å². The lowest BCUT2D eigenvalue weighted by molar-refractivity contribution is 0.109. The van der Waals surface area contributed by atoms with E-state index in [1.807, 2.05) is 0 Å². The van der Waals surface area contributed by atoms with Crippen molar-refractivity contribution in [2.75, 3.05) is 19.7 Å². The third-order valence-electron chi connectivity index (χ3n) is 3.22. The zero-order valence-electron chi connectivity index (χ0n) is 10.0. The number of hydrogen-bond donors (Lipinski definition) is 1. The van der Waals surface area contributed by atoms with Gasteiger partial charge in [-0.05, 0) is 44.3 Å². The van der Waals surface area contributed by atoms with E-state index in [-0.39, 0.29) is 0 Å². The van der Waals surface area contributed by atoms with Crippen LogP contribution in [0.15, 0.2) is 24.3 Å². The molecule has 16 heavy (non-hydrogen) atoms. The molecule has 2 nitrogen and oxygen atoms in total. The van der Waals surface area contributed by atoms with E-state index in [1.54, 1.807) is 0 Å². The molecule has 88 valence electrons. The molecule has 1 aromatic carbocycles. The number of aryl methyl sites for hydroxylation is 1. The number of rotatable bonds is 5. The van der Waals surface area contributed by atoms with Crippen molar-refractivity contribution in [3.63, 3.8) is 0 Å². The van der Waals surface area contributed by atoms with Gasteiger partial charge in [-0.2, -0.15) is 0 Å². The summed E-state index contributed by atoms with van der Waals surface area (Å²) >= 11 is 0. The minimum Gasteiger partial charge on any atom is -0.377 e. The van der Waals surface area contributed by atoms with E-state index in [9.17, 15) is 0 Å². The van der Waals surface area contributed by atoms with Gasteiger partial charge in [-0.1, -0.05) is 29.8 Å². The summed E-state index contributed by atoms with van der Waals surface area (Å²) in [5, 5.41) is 3.38. The fourth-order valence-corrected chi connectivity index (χ4v) is 2.09. The van der Waals surface area contributed by atoms with Crippen molar-refractivity contribution < 1.29 is 4.74 Å². The Morgan fingerprint density at radius 3 is 2.81 bits per heavy atom. The highest BCUT2D eigenvalue weighted by Gasteiger charge is 2.13. The molecule has 0 bridgehead atoms. The third-order valence-corrected chi connectivity index (χ3v) is 3.22. The molecule has 1 fully saturated rings. The molecular formula is C14H21NO. The van der Waals surface area contributed by atoms with Gasteiger partial charge < -0.3 is 10.1 Å². The summed E-state index contributed by atoms with van der Waals surface area (Å²) in [5.74, 6) is 0.831. The second kappa shape index (κ2) is 6.02. The van der Waals surface area contributed by atoms with Crippen LogP contribution in [0.4, 0.5) is 0 Å². The second-order valence-electron chi connectivity index (χ2n) is 4.69. The monoisotopic (exact) mass is 219 g/mol. The average Bonchev–Trinajstić information content (AvgIpc) is 2.80. The Morgan fingerprint density at radius 1 is 1.31 bits per heavy atom. The van der Waals surface area contributed by atoms with Crippen molar-refractivity contribution >= 4 is 0 Å². The van der Waals surface area contributed by atoms with Crippen LogP contribution in [0.5, 0.6) is 0 Å². The van der Waals surface area contributed by atoms with Gasteiger partial charge in [0, 0.05) is 6.61 Å². The molecule has 1 atom stereocenters. The van der Waals surface area contributed by atoms with Crippen LogP contribution < -0.4 is 5.32 Å². The SMILES string of the molecule is Cc1ccc(COCCC2CCNC2)cc1. The standard InChI is InChI=1S/C14H21NO/c1-12-2-4-14(5-3-12)11-16-9-7-13-6-8-15-10-13/h2-5,13,15H,6-11H2,1H3. The summed E-state index contributed by atoms with van der Waals surface area (Å²) in [6, 6.07) is 8.57. The van der Waals surface area contributed by atoms with Crippen LogP contribution >= 0.6 is 0 Å². The van der Waals surface area contributed by atoms with Gasteiger partial charge in [0.05, 0.1) is 6.61 Å². The number of nitrogens with one attached hydrogen (secondary N) is 1. The van der Waals surface area contributed by atoms with E-state index in [2.05, 4.69) is 36.5 Å². The Bertz CT molecular complexity index is 301. The zero-order valence-corrected chi connectivity index (χ0v) is 10.0. The molecule has 1 saturated heterocycles. The summed E-state index contributed by atoms with van der Waals surface area (Å²) in [6.07, 6.45) is 2.51. The number of ether oxygens (including phenoxy) is 1. The molecule has 1 aliphatic rings. The zero-order chi connectivity index (χ0) is 11.2. The lowest BCUT2D eigenvalue weighted by atomic mass is 10.1. The molecular weight excluding hydrogens is 198 g/mol. The first-order chi connectivity index (χ1) is 7.84. The van der Waals surface area contributed by atoms with Gasteiger partial charge in [0.25, 0.3) is 0 Å². The summed E-state index contributed by atoms with van der Waals surface area (Å²) in [5.41, 5.74) is 2.58.